The van der Waals surface area contributed by atoms with Crippen molar-refractivity contribution in [2.75, 3.05) is 19.5 Å². The van der Waals surface area contributed by atoms with E-state index in [1.165, 1.54) is 20.5 Å². The van der Waals surface area contributed by atoms with Gasteiger partial charge >= 0.3 is 5.97 Å². The fourth-order valence-corrected chi connectivity index (χ4v) is 2.22. The molecule has 1 aromatic carbocycles. The first kappa shape index (κ1) is 18.2. The van der Waals surface area contributed by atoms with Crippen molar-refractivity contribution in [3.8, 4) is 11.8 Å². The van der Waals surface area contributed by atoms with Gasteiger partial charge in [-0.15, -0.1) is 0 Å². The number of hydrogen-bond donors (Lipinski definition) is 2. The first-order valence-corrected chi connectivity index (χ1v) is 7.52. The molecule has 1 unspecified atom stereocenters. The number of carbonyl (C=O) groups excluding carboxylic acids is 1. The Labute approximate surface area is 144 Å². The second-order valence-electron chi connectivity index (χ2n) is 5.36. The SMILES string of the molecule is COc1ncnc(OC)c1C(=O)Nc1ccc(CC(C)C(=O)O)cc1. The molecule has 0 fully saturated rings. The number of nitrogens with zero attached hydrogens (tertiary/aromatic N) is 2. The van der Waals surface area contributed by atoms with Gasteiger partial charge in [0.15, 0.2) is 5.56 Å². The number of carboxylic acids is 1. The van der Waals surface area contributed by atoms with Crippen LogP contribution in [0.3, 0.4) is 0 Å². The number of ether oxygens (including phenoxy) is 2. The summed E-state index contributed by atoms with van der Waals surface area (Å²) in [6, 6.07) is 6.94. The van der Waals surface area contributed by atoms with Gasteiger partial charge in [-0.2, -0.15) is 0 Å². The Balaban J connectivity index is 2.15. The monoisotopic (exact) mass is 345 g/mol. The normalized spacial score (nSPS) is 11.5. The molecule has 1 amide bonds. The highest BCUT2D eigenvalue weighted by Crippen LogP contribution is 2.24. The molecule has 25 heavy (non-hydrogen) atoms. The van der Waals surface area contributed by atoms with Crippen LogP contribution in [0.4, 0.5) is 5.69 Å². The lowest BCUT2D eigenvalue weighted by molar-refractivity contribution is -0.141. The van der Waals surface area contributed by atoms with Crippen LogP contribution < -0.4 is 14.8 Å². The fraction of sp³-hybridized carbons (Fsp3) is 0.294. The van der Waals surface area contributed by atoms with E-state index in [9.17, 15) is 9.59 Å². The van der Waals surface area contributed by atoms with Gasteiger partial charge < -0.3 is 19.9 Å². The van der Waals surface area contributed by atoms with E-state index in [1.54, 1.807) is 31.2 Å². The molecule has 0 radical (unpaired) electrons. The molecule has 0 bridgehead atoms. The lowest BCUT2D eigenvalue weighted by Crippen LogP contribution is -2.16. The van der Waals surface area contributed by atoms with Crippen LogP contribution in [0.2, 0.25) is 0 Å². The maximum Gasteiger partial charge on any atom is 0.306 e. The van der Waals surface area contributed by atoms with E-state index in [2.05, 4.69) is 15.3 Å². The lowest BCUT2D eigenvalue weighted by Gasteiger charge is -2.12. The first-order chi connectivity index (χ1) is 12.0. The van der Waals surface area contributed by atoms with Crippen LogP contribution in [0.15, 0.2) is 30.6 Å². The molecule has 1 heterocycles. The average molecular weight is 345 g/mol. The van der Waals surface area contributed by atoms with Gasteiger partial charge in [0.25, 0.3) is 5.91 Å². The molecule has 132 valence electrons. The summed E-state index contributed by atoms with van der Waals surface area (Å²) in [5.74, 6) is -1.58. The largest absolute Gasteiger partial charge is 0.481 e. The van der Waals surface area contributed by atoms with Crippen molar-refractivity contribution in [2.45, 2.75) is 13.3 Å². The number of rotatable bonds is 7. The van der Waals surface area contributed by atoms with Crippen molar-refractivity contribution in [1.82, 2.24) is 9.97 Å². The number of aliphatic carboxylic acids is 1. The molecule has 0 spiro atoms. The number of aromatic nitrogens is 2. The third kappa shape index (κ3) is 4.43. The van der Waals surface area contributed by atoms with Gasteiger partial charge in [-0.3, -0.25) is 9.59 Å². The summed E-state index contributed by atoms with van der Waals surface area (Å²) in [7, 11) is 2.80. The minimum atomic E-state index is -0.847. The van der Waals surface area contributed by atoms with Crippen molar-refractivity contribution in [3.63, 3.8) is 0 Å². The minimum absolute atomic E-state index is 0.0936. The summed E-state index contributed by atoms with van der Waals surface area (Å²) in [6.07, 6.45) is 1.66. The third-order valence-corrected chi connectivity index (χ3v) is 3.57. The van der Waals surface area contributed by atoms with E-state index in [4.69, 9.17) is 14.6 Å². The van der Waals surface area contributed by atoms with Gasteiger partial charge in [0.2, 0.25) is 11.8 Å². The highest BCUT2D eigenvalue weighted by molar-refractivity contribution is 6.07. The quantitative estimate of drug-likeness (QED) is 0.789. The predicted molar refractivity (Wildman–Crippen MR) is 90.0 cm³/mol. The van der Waals surface area contributed by atoms with Gasteiger partial charge in [0.05, 0.1) is 20.1 Å². The summed E-state index contributed by atoms with van der Waals surface area (Å²) in [4.78, 5) is 31.2. The van der Waals surface area contributed by atoms with E-state index >= 15 is 0 Å². The predicted octanol–water partition coefficient (Wildman–Crippen LogP) is 2.01. The van der Waals surface area contributed by atoms with Gasteiger partial charge in [-0.1, -0.05) is 19.1 Å². The molecule has 1 aromatic heterocycles. The summed E-state index contributed by atoms with van der Waals surface area (Å²) in [5, 5.41) is 11.7. The molecule has 2 N–H and O–H groups in total. The molecular formula is C17H19N3O5. The first-order valence-electron chi connectivity index (χ1n) is 7.52. The maximum atomic E-state index is 12.5. The van der Waals surface area contributed by atoms with Gasteiger partial charge in [0.1, 0.15) is 6.33 Å². The van der Waals surface area contributed by atoms with E-state index in [1.807, 2.05) is 0 Å². The van der Waals surface area contributed by atoms with Gasteiger partial charge in [0, 0.05) is 5.69 Å². The molecule has 8 nitrogen and oxygen atoms in total. The van der Waals surface area contributed by atoms with Crippen LogP contribution in [-0.2, 0) is 11.2 Å². The van der Waals surface area contributed by atoms with Crippen molar-refractivity contribution in [1.29, 1.82) is 0 Å². The number of carbonyl (C=O) groups is 2. The van der Waals surface area contributed by atoms with Crippen LogP contribution in [-0.4, -0.2) is 41.2 Å². The second-order valence-corrected chi connectivity index (χ2v) is 5.36. The molecule has 0 aliphatic rings. The number of hydrogen-bond acceptors (Lipinski definition) is 6. The molecule has 8 heteroatoms. The highest BCUT2D eigenvalue weighted by atomic mass is 16.5. The van der Waals surface area contributed by atoms with E-state index < -0.39 is 17.8 Å². The Morgan fingerprint density at radius 2 is 1.68 bits per heavy atom. The zero-order valence-corrected chi connectivity index (χ0v) is 14.1. The number of amides is 1. The number of benzene rings is 1. The zero-order valence-electron chi connectivity index (χ0n) is 14.1. The summed E-state index contributed by atoms with van der Waals surface area (Å²) in [5.41, 5.74) is 1.51. The molecule has 0 aliphatic heterocycles. The van der Waals surface area contributed by atoms with Crippen LogP contribution in [0.5, 0.6) is 11.8 Å². The number of anilines is 1. The molecular weight excluding hydrogens is 326 g/mol. The van der Waals surface area contributed by atoms with Crippen LogP contribution in [0.25, 0.3) is 0 Å². The number of methoxy groups -OCH3 is 2. The third-order valence-electron chi connectivity index (χ3n) is 3.57. The van der Waals surface area contributed by atoms with E-state index in [0.29, 0.717) is 12.1 Å². The number of nitrogens with one attached hydrogen (secondary N) is 1. The zero-order chi connectivity index (χ0) is 18.4. The molecule has 2 aromatic rings. The van der Waals surface area contributed by atoms with Gasteiger partial charge in [-0.25, -0.2) is 9.97 Å². The van der Waals surface area contributed by atoms with E-state index in [-0.39, 0.29) is 17.3 Å². The Bertz CT molecular complexity index is 739. The molecule has 0 aliphatic carbocycles. The summed E-state index contributed by atoms with van der Waals surface area (Å²) < 4.78 is 10.2. The summed E-state index contributed by atoms with van der Waals surface area (Å²) in [6.45, 7) is 1.64. The highest BCUT2D eigenvalue weighted by Gasteiger charge is 2.21. The minimum Gasteiger partial charge on any atom is -0.481 e. The maximum absolute atomic E-state index is 12.5. The molecule has 2 rings (SSSR count). The van der Waals surface area contributed by atoms with Crippen molar-refractivity contribution < 1.29 is 24.2 Å². The Morgan fingerprint density at radius 3 is 2.16 bits per heavy atom. The standard InChI is InChI=1S/C17H19N3O5/c1-10(17(22)23)8-11-4-6-12(7-5-11)20-14(21)13-15(24-2)18-9-19-16(13)25-3/h4-7,9-10H,8H2,1-3H3,(H,20,21)(H,22,23). The van der Waals surface area contributed by atoms with Crippen molar-refractivity contribution in [2.24, 2.45) is 5.92 Å². The average Bonchev–Trinajstić information content (AvgIpc) is 2.62. The van der Waals surface area contributed by atoms with Gasteiger partial charge in [-0.05, 0) is 24.1 Å². The van der Waals surface area contributed by atoms with Crippen LogP contribution in [0, 0.1) is 5.92 Å². The fourth-order valence-electron chi connectivity index (χ4n) is 2.22. The van der Waals surface area contributed by atoms with Crippen LogP contribution in [0.1, 0.15) is 22.8 Å². The molecule has 0 saturated carbocycles. The second kappa shape index (κ2) is 8.09. The Morgan fingerprint density at radius 1 is 1.12 bits per heavy atom. The topological polar surface area (TPSA) is 111 Å². The van der Waals surface area contributed by atoms with Crippen molar-refractivity contribution in [3.05, 3.63) is 41.7 Å². The summed E-state index contributed by atoms with van der Waals surface area (Å²) >= 11 is 0. The Hall–Kier alpha value is -3.16. The smallest absolute Gasteiger partial charge is 0.306 e. The molecule has 0 saturated heterocycles. The Kier molecular flexibility index (Phi) is 5.89. The van der Waals surface area contributed by atoms with Crippen LogP contribution >= 0.6 is 0 Å². The van der Waals surface area contributed by atoms with E-state index in [0.717, 1.165) is 5.56 Å². The van der Waals surface area contributed by atoms with Crippen molar-refractivity contribution >= 4 is 17.6 Å². The lowest BCUT2D eigenvalue weighted by atomic mass is 10.0. The molecule has 1 atom stereocenters. The number of carboxylic acid groups (broad SMARTS) is 1.